The van der Waals surface area contributed by atoms with Gasteiger partial charge in [-0.25, -0.2) is 4.79 Å². The highest BCUT2D eigenvalue weighted by Gasteiger charge is 2.64. The molecule has 4 saturated carbocycles. The molecular weight excluding hydrogens is 486 g/mol. The van der Waals surface area contributed by atoms with E-state index in [-0.39, 0.29) is 23.4 Å². The number of ketones is 1. The average Bonchev–Trinajstić information content (AvgIpc) is 3.29. The van der Waals surface area contributed by atoms with Crippen LogP contribution in [0.25, 0.3) is 0 Å². The van der Waals surface area contributed by atoms with Crippen LogP contribution in [-0.2, 0) is 9.53 Å². The van der Waals surface area contributed by atoms with E-state index >= 15 is 0 Å². The van der Waals surface area contributed by atoms with Gasteiger partial charge in [0.25, 0.3) is 0 Å². The van der Waals surface area contributed by atoms with Crippen LogP contribution in [0.15, 0.2) is 30.3 Å². The number of rotatable bonds is 2. The van der Waals surface area contributed by atoms with Crippen molar-refractivity contribution in [3.8, 4) is 0 Å². The third-order valence-corrected chi connectivity index (χ3v) is 13.1. The Morgan fingerprint density at radius 2 is 1.72 bits per heavy atom. The highest BCUT2D eigenvalue weighted by atomic mass is 16.5. The number of ether oxygens (including phenoxy) is 1. The molecule has 1 aromatic rings. The number of benzene rings is 1. The van der Waals surface area contributed by atoms with Crippen LogP contribution in [0.4, 0.5) is 0 Å². The minimum absolute atomic E-state index is 0.00110. The first-order chi connectivity index (χ1) is 18.7. The van der Waals surface area contributed by atoms with Gasteiger partial charge in [0.2, 0.25) is 0 Å². The molecule has 1 N–H and O–H groups in total. The van der Waals surface area contributed by atoms with Crippen LogP contribution in [-0.4, -0.2) is 52.6 Å². The van der Waals surface area contributed by atoms with E-state index in [1.54, 1.807) is 12.1 Å². The summed E-state index contributed by atoms with van der Waals surface area (Å²) in [5.74, 6) is 4.12. The van der Waals surface area contributed by atoms with Crippen LogP contribution in [0.1, 0.15) is 88.9 Å². The summed E-state index contributed by atoms with van der Waals surface area (Å²) < 4.78 is 5.95. The van der Waals surface area contributed by atoms with Crippen LogP contribution in [0, 0.1) is 52.8 Å². The number of hydrogen-bond acceptors (Lipinski definition) is 5. The predicted octanol–water partition coefficient (Wildman–Crippen LogP) is 5.75. The van der Waals surface area contributed by atoms with Gasteiger partial charge in [0, 0.05) is 31.5 Å². The van der Waals surface area contributed by atoms with E-state index < -0.39 is 5.60 Å². The Kier molecular flexibility index (Phi) is 6.32. The van der Waals surface area contributed by atoms with Crippen molar-refractivity contribution in [3.63, 3.8) is 0 Å². The molecule has 0 amide bonds. The minimum atomic E-state index is -0.606. The Bertz CT molecular complexity index is 1120. The molecule has 2 aliphatic heterocycles. The zero-order chi connectivity index (χ0) is 27.1. The van der Waals surface area contributed by atoms with Crippen molar-refractivity contribution in [2.24, 2.45) is 52.8 Å². The van der Waals surface area contributed by atoms with Gasteiger partial charge in [-0.1, -0.05) is 32.0 Å². The quantitative estimate of drug-likeness (QED) is 0.490. The third-order valence-electron chi connectivity index (χ3n) is 13.1. The molecule has 2 heterocycles. The number of aliphatic hydroxyl groups is 1. The van der Waals surface area contributed by atoms with E-state index in [1.807, 2.05) is 18.2 Å². The van der Waals surface area contributed by atoms with E-state index in [9.17, 15) is 14.7 Å². The Labute approximate surface area is 234 Å². The summed E-state index contributed by atoms with van der Waals surface area (Å²) in [6.07, 6.45) is 8.91. The van der Waals surface area contributed by atoms with E-state index in [1.165, 1.54) is 19.3 Å². The zero-order valence-electron chi connectivity index (χ0n) is 24.1. The van der Waals surface area contributed by atoms with Gasteiger partial charge < -0.3 is 9.84 Å². The number of esters is 1. The van der Waals surface area contributed by atoms with Crippen LogP contribution in [0.2, 0.25) is 0 Å². The van der Waals surface area contributed by atoms with E-state index in [2.05, 4.69) is 25.7 Å². The van der Waals surface area contributed by atoms with Crippen LogP contribution < -0.4 is 0 Å². The molecule has 0 bridgehead atoms. The van der Waals surface area contributed by atoms with Gasteiger partial charge in [0.15, 0.2) is 0 Å². The summed E-state index contributed by atoms with van der Waals surface area (Å²) in [5.41, 5.74) is -0.0175. The second-order valence-corrected chi connectivity index (χ2v) is 15.0. The lowest BCUT2D eigenvalue weighted by Gasteiger charge is -2.59. The van der Waals surface area contributed by atoms with Gasteiger partial charge >= 0.3 is 5.97 Å². The summed E-state index contributed by atoms with van der Waals surface area (Å²) in [6.45, 7) is 9.18. The SMILES string of the molecule is C[C@@H]1CC[C@@H]2N(C1)C[C@@H]1[C@@H]3C[C@@H]4[C@H](CC(=O)[C@@H]5C[C@H](OC(=O)c6ccccc6)CC[C@]45C)[C@H]3CC[C@H]1[C@]2(C)O. The zero-order valence-corrected chi connectivity index (χ0v) is 24.1. The van der Waals surface area contributed by atoms with Gasteiger partial charge in [-0.2, -0.15) is 0 Å². The van der Waals surface area contributed by atoms with Gasteiger partial charge in [-0.15, -0.1) is 0 Å². The number of hydrogen-bond donors (Lipinski definition) is 1. The van der Waals surface area contributed by atoms with Crippen molar-refractivity contribution in [1.29, 1.82) is 0 Å². The molecule has 0 unspecified atom stereocenters. The lowest BCUT2D eigenvalue weighted by molar-refractivity contribution is -0.175. The third kappa shape index (κ3) is 4.08. The Hall–Kier alpha value is -1.72. The largest absolute Gasteiger partial charge is 0.459 e. The second-order valence-electron chi connectivity index (χ2n) is 15.0. The molecule has 4 aliphatic carbocycles. The molecule has 6 aliphatic rings. The number of nitrogens with zero attached hydrogens (tertiary/aromatic N) is 1. The van der Waals surface area contributed by atoms with Crippen molar-refractivity contribution in [2.45, 2.75) is 96.3 Å². The van der Waals surface area contributed by atoms with Crippen molar-refractivity contribution in [3.05, 3.63) is 35.9 Å². The van der Waals surface area contributed by atoms with Crippen molar-refractivity contribution in [1.82, 2.24) is 4.90 Å². The lowest BCUT2D eigenvalue weighted by Crippen LogP contribution is -2.67. The lowest BCUT2D eigenvalue weighted by atomic mass is 9.51. The molecule has 39 heavy (non-hydrogen) atoms. The maximum atomic E-state index is 13.8. The average molecular weight is 534 g/mol. The Morgan fingerprint density at radius 1 is 0.923 bits per heavy atom. The van der Waals surface area contributed by atoms with Crippen LogP contribution >= 0.6 is 0 Å². The maximum Gasteiger partial charge on any atom is 0.338 e. The fourth-order valence-corrected chi connectivity index (χ4v) is 11.2. The molecule has 7 rings (SSSR count). The molecular formula is C34H47NO4. The highest BCUT2D eigenvalue weighted by molar-refractivity contribution is 5.89. The van der Waals surface area contributed by atoms with Gasteiger partial charge in [0.05, 0.1) is 11.2 Å². The van der Waals surface area contributed by atoms with Crippen molar-refractivity contribution >= 4 is 11.8 Å². The standard InChI is InChI=1S/C34H47NO4/c1-20-9-12-31-34(3,38)27-11-10-23-24(26(27)19-35(31)18-20)16-28-25(23)17-30(36)29-15-22(13-14-33(28,29)2)39-32(37)21-7-5-4-6-8-21/h4-8,20,22-29,31,38H,9-19H2,1-3H3/t20-,22-,23+,24-,25-,26-,27-,28-,29+,31+,33-,34+/m1/s1. The fourth-order valence-electron chi connectivity index (χ4n) is 11.2. The fraction of sp³-hybridized carbons (Fsp3) is 0.765. The predicted molar refractivity (Wildman–Crippen MR) is 150 cm³/mol. The summed E-state index contributed by atoms with van der Waals surface area (Å²) >= 11 is 0. The van der Waals surface area contributed by atoms with E-state index in [4.69, 9.17) is 4.74 Å². The molecule has 2 saturated heterocycles. The number of Topliss-reactive ketones (excluding diaryl/α,β-unsaturated/α-hetero) is 1. The van der Waals surface area contributed by atoms with Gasteiger partial charge in [-0.3, -0.25) is 9.69 Å². The molecule has 212 valence electrons. The van der Waals surface area contributed by atoms with Gasteiger partial charge in [0.1, 0.15) is 11.9 Å². The van der Waals surface area contributed by atoms with Gasteiger partial charge in [-0.05, 0) is 117 Å². The first-order valence-corrected chi connectivity index (χ1v) is 15.9. The van der Waals surface area contributed by atoms with Crippen LogP contribution in [0.5, 0.6) is 0 Å². The molecule has 1 aromatic carbocycles. The smallest absolute Gasteiger partial charge is 0.338 e. The molecule has 6 fully saturated rings. The molecule has 5 nitrogen and oxygen atoms in total. The summed E-state index contributed by atoms with van der Waals surface area (Å²) in [7, 11) is 0. The number of carbonyl (C=O) groups is 2. The van der Waals surface area contributed by atoms with E-state index in [0.29, 0.717) is 71.7 Å². The summed E-state index contributed by atoms with van der Waals surface area (Å²) in [4.78, 5) is 29.2. The first-order valence-electron chi connectivity index (χ1n) is 15.9. The Morgan fingerprint density at radius 3 is 2.51 bits per heavy atom. The minimum Gasteiger partial charge on any atom is -0.459 e. The van der Waals surface area contributed by atoms with E-state index in [0.717, 1.165) is 38.8 Å². The van der Waals surface area contributed by atoms with Crippen LogP contribution in [0.3, 0.4) is 0 Å². The van der Waals surface area contributed by atoms with Crippen molar-refractivity contribution < 1.29 is 19.4 Å². The number of carbonyl (C=O) groups excluding carboxylic acids is 2. The van der Waals surface area contributed by atoms with Crippen molar-refractivity contribution in [2.75, 3.05) is 13.1 Å². The maximum absolute atomic E-state index is 13.8. The topological polar surface area (TPSA) is 66.8 Å². The Balaban J connectivity index is 1.10. The summed E-state index contributed by atoms with van der Waals surface area (Å²) in [6, 6.07) is 9.54. The first kappa shape index (κ1) is 26.2. The monoisotopic (exact) mass is 533 g/mol. The summed E-state index contributed by atoms with van der Waals surface area (Å²) in [5, 5.41) is 12.0. The second kappa shape index (κ2) is 9.41. The number of piperidine rings is 2. The molecule has 12 atom stereocenters. The molecule has 0 radical (unpaired) electrons. The normalized spacial score (nSPS) is 49.2. The molecule has 0 aromatic heterocycles. The molecule has 5 heteroatoms. The highest BCUT2D eigenvalue weighted by Crippen LogP contribution is 2.66. The number of fused-ring (bicyclic) bond motifs is 8. The molecule has 0 spiro atoms.